The lowest BCUT2D eigenvalue weighted by Gasteiger charge is -2.21. The molecule has 8 nitrogen and oxygen atoms in total. The molecule has 0 radical (unpaired) electrons. The van der Waals surface area contributed by atoms with E-state index in [2.05, 4.69) is 9.97 Å². The number of hydrogen-bond donors (Lipinski definition) is 1. The molecule has 0 aliphatic carbocycles. The van der Waals surface area contributed by atoms with Crippen LogP contribution in [0.2, 0.25) is 0 Å². The van der Waals surface area contributed by atoms with Gasteiger partial charge in [0, 0.05) is 24.9 Å². The van der Waals surface area contributed by atoms with Gasteiger partial charge in [0.1, 0.15) is 0 Å². The SMILES string of the molecule is CC(=O)SCC(=O)c1ccc(S(=O)(=O)N(CCO)c2ncccn2)cc1. The highest BCUT2D eigenvalue weighted by molar-refractivity contribution is 8.14. The van der Waals surface area contributed by atoms with E-state index in [1.165, 1.54) is 43.6 Å². The number of thioether (sulfide) groups is 1. The Hall–Kier alpha value is -2.30. The van der Waals surface area contributed by atoms with E-state index in [0.717, 1.165) is 16.1 Å². The molecular weight excluding hydrogens is 378 g/mol. The lowest BCUT2D eigenvalue weighted by molar-refractivity contribution is -0.109. The van der Waals surface area contributed by atoms with Gasteiger partial charge < -0.3 is 5.11 Å². The molecule has 1 aromatic heterocycles. The molecule has 2 rings (SSSR count). The summed E-state index contributed by atoms with van der Waals surface area (Å²) in [5.74, 6) is -0.331. The molecule has 0 saturated carbocycles. The van der Waals surface area contributed by atoms with E-state index in [1.54, 1.807) is 6.07 Å². The standard InChI is InChI=1S/C16H17N3O5S2/c1-12(21)25-11-15(22)13-3-5-14(6-4-13)26(23,24)19(9-10-20)16-17-7-2-8-18-16/h2-8,20H,9-11H2,1H3. The maximum absolute atomic E-state index is 12.8. The van der Waals surface area contributed by atoms with Gasteiger partial charge in [0.05, 0.1) is 23.8 Å². The summed E-state index contributed by atoms with van der Waals surface area (Å²) in [7, 11) is -4.01. The van der Waals surface area contributed by atoms with Crippen molar-refractivity contribution >= 4 is 38.6 Å². The van der Waals surface area contributed by atoms with Crippen LogP contribution in [-0.4, -0.2) is 53.3 Å². The monoisotopic (exact) mass is 395 g/mol. The first kappa shape index (κ1) is 20.0. The van der Waals surface area contributed by atoms with E-state index in [9.17, 15) is 23.1 Å². The molecule has 1 aromatic carbocycles. The quantitative estimate of drug-likeness (QED) is 0.661. The molecular formula is C16H17N3O5S2. The van der Waals surface area contributed by atoms with Crippen molar-refractivity contribution in [1.29, 1.82) is 0 Å². The maximum Gasteiger partial charge on any atom is 0.266 e. The summed E-state index contributed by atoms with van der Waals surface area (Å²) >= 11 is 0.893. The number of benzene rings is 1. The number of sulfonamides is 1. The molecule has 0 fully saturated rings. The van der Waals surface area contributed by atoms with E-state index in [0.29, 0.717) is 5.56 Å². The zero-order valence-corrected chi connectivity index (χ0v) is 15.5. The third-order valence-corrected chi connectivity index (χ3v) is 5.86. The Kier molecular flexibility index (Phi) is 6.83. The zero-order valence-electron chi connectivity index (χ0n) is 13.9. The molecule has 0 amide bonds. The van der Waals surface area contributed by atoms with Crippen LogP contribution in [-0.2, 0) is 14.8 Å². The second kappa shape index (κ2) is 8.88. The highest BCUT2D eigenvalue weighted by atomic mass is 32.2. The number of rotatable bonds is 8. The maximum atomic E-state index is 12.8. The summed E-state index contributed by atoms with van der Waals surface area (Å²) < 4.78 is 26.5. The van der Waals surface area contributed by atoms with Crippen LogP contribution in [0.3, 0.4) is 0 Å². The highest BCUT2D eigenvalue weighted by Gasteiger charge is 2.26. The topological polar surface area (TPSA) is 118 Å². The summed E-state index contributed by atoms with van der Waals surface area (Å²) in [6, 6.07) is 6.92. The summed E-state index contributed by atoms with van der Waals surface area (Å²) in [6.45, 7) is 0.758. The molecule has 0 aliphatic heterocycles. The number of anilines is 1. The van der Waals surface area contributed by atoms with Crippen molar-refractivity contribution in [2.75, 3.05) is 23.2 Å². The molecule has 0 saturated heterocycles. The predicted octanol–water partition coefficient (Wildman–Crippen LogP) is 1.13. The number of nitrogens with zero attached hydrogens (tertiary/aromatic N) is 3. The van der Waals surface area contributed by atoms with Gasteiger partial charge in [0.25, 0.3) is 10.0 Å². The third-order valence-electron chi connectivity index (χ3n) is 3.25. The van der Waals surface area contributed by atoms with Crippen LogP contribution < -0.4 is 4.31 Å². The van der Waals surface area contributed by atoms with Gasteiger partial charge in [-0.2, -0.15) is 0 Å². The van der Waals surface area contributed by atoms with Crippen molar-refractivity contribution in [3.63, 3.8) is 0 Å². The number of aromatic nitrogens is 2. The van der Waals surface area contributed by atoms with Crippen LogP contribution in [0.15, 0.2) is 47.6 Å². The molecule has 1 heterocycles. The van der Waals surface area contributed by atoms with E-state index in [1.807, 2.05) is 0 Å². The van der Waals surface area contributed by atoms with Crippen molar-refractivity contribution in [3.05, 3.63) is 48.3 Å². The Labute approximate surface area is 155 Å². The van der Waals surface area contributed by atoms with E-state index >= 15 is 0 Å². The molecule has 0 bridgehead atoms. The Morgan fingerprint density at radius 3 is 2.31 bits per heavy atom. The average molecular weight is 395 g/mol. The summed E-state index contributed by atoms with van der Waals surface area (Å²) in [5, 5.41) is 9.03. The first-order valence-electron chi connectivity index (χ1n) is 7.53. The van der Waals surface area contributed by atoms with Crippen LogP contribution in [0.5, 0.6) is 0 Å². The molecule has 0 spiro atoms. The summed E-state index contributed by atoms with van der Waals surface area (Å²) in [6.07, 6.45) is 2.80. The van der Waals surface area contributed by atoms with Crippen LogP contribution in [0.1, 0.15) is 17.3 Å². The zero-order chi connectivity index (χ0) is 19.2. The van der Waals surface area contributed by atoms with E-state index in [4.69, 9.17) is 0 Å². The smallest absolute Gasteiger partial charge is 0.266 e. The van der Waals surface area contributed by atoms with Gasteiger partial charge in [-0.25, -0.2) is 22.7 Å². The molecule has 0 unspecified atom stereocenters. The molecule has 10 heteroatoms. The number of ketones is 1. The summed E-state index contributed by atoms with van der Waals surface area (Å²) in [5.41, 5.74) is 0.308. The summed E-state index contributed by atoms with van der Waals surface area (Å²) in [4.78, 5) is 30.7. The van der Waals surface area contributed by atoms with Gasteiger partial charge >= 0.3 is 0 Å². The predicted molar refractivity (Wildman–Crippen MR) is 97.6 cm³/mol. The van der Waals surface area contributed by atoms with Gasteiger partial charge in [0.15, 0.2) is 10.9 Å². The minimum Gasteiger partial charge on any atom is -0.394 e. The third kappa shape index (κ3) is 4.87. The number of hydrogen-bond acceptors (Lipinski definition) is 8. The van der Waals surface area contributed by atoms with Crippen molar-refractivity contribution in [2.45, 2.75) is 11.8 Å². The van der Waals surface area contributed by atoms with Gasteiger partial charge in [-0.05, 0) is 18.2 Å². The van der Waals surface area contributed by atoms with Crippen LogP contribution in [0.25, 0.3) is 0 Å². The van der Waals surface area contributed by atoms with Crippen LogP contribution in [0, 0.1) is 0 Å². The first-order chi connectivity index (χ1) is 12.4. The Morgan fingerprint density at radius 2 is 1.77 bits per heavy atom. The number of aliphatic hydroxyl groups is 1. The molecule has 0 aliphatic rings. The van der Waals surface area contributed by atoms with Gasteiger partial charge in [-0.1, -0.05) is 23.9 Å². The number of aliphatic hydroxyl groups excluding tert-OH is 1. The minimum atomic E-state index is -4.01. The van der Waals surface area contributed by atoms with Crippen molar-refractivity contribution < 1.29 is 23.1 Å². The Bertz CT molecular complexity index is 871. The Morgan fingerprint density at radius 1 is 1.15 bits per heavy atom. The highest BCUT2D eigenvalue weighted by Crippen LogP contribution is 2.21. The molecule has 138 valence electrons. The fourth-order valence-electron chi connectivity index (χ4n) is 2.03. The fraction of sp³-hybridized carbons (Fsp3) is 0.250. The van der Waals surface area contributed by atoms with E-state index < -0.39 is 16.6 Å². The van der Waals surface area contributed by atoms with Crippen molar-refractivity contribution in [1.82, 2.24) is 9.97 Å². The Balaban J connectivity index is 2.27. The van der Waals surface area contributed by atoms with E-state index in [-0.39, 0.29) is 34.0 Å². The van der Waals surface area contributed by atoms with Gasteiger partial charge in [0.2, 0.25) is 5.95 Å². The van der Waals surface area contributed by atoms with Crippen LogP contribution in [0.4, 0.5) is 5.95 Å². The minimum absolute atomic E-state index is 0.00404. The second-order valence-electron chi connectivity index (χ2n) is 5.08. The molecule has 1 N–H and O–H groups in total. The largest absolute Gasteiger partial charge is 0.394 e. The number of carbonyl (C=O) groups excluding carboxylic acids is 2. The molecule has 26 heavy (non-hydrogen) atoms. The normalized spacial score (nSPS) is 11.2. The lowest BCUT2D eigenvalue weighted by Crippen LogP contribution is -2.35. The first-order valence-corrected chi connectivity index (χ1v) is 9.96. The van der Waals surface area contributed by atoms with Gasteiger partial charge in [-0.15, -0.1) is 0 Å². The second-order valence-corrected chi connectivity index (χ2v) is 8.09. The van der Waals surface area contributed by atoms with Crippen LogP contribution >= 0.6 is 11.8 Å². The average Bonchev–Trinajstić information content (AvgIpc) is 2.64. The molecule has 0 atom stereocenters. The van der Waals surface area contributed by atoms with Crippen molar-refractivity contribution in [3.8, 4) is 0 Å². The lowest BCUT2D eigenvalue weighted by atomic mass is 10.1. The van der Waals surface area contributed by atoms with Gasteiger partial charge in [-0.3, -0.25) is 9.59 Å². The number of Topliss-reactive ketones (excluding diaryl/α,β-unsaturated/α-hetero) is 1. The van der Waals surface area contributed by atoms with Crippen molar-refractivity contribution in [2.24, 2.45) is 0 Å². The molecule has 2 aromatic rings. The number of carbonyl (C=O) groups is 2. The fourth-order valence-corrected chi connectivity index (χ4v) is 3.90.